The van der Waals surface area contributed by atoms with Gasteiger partial charge in [0.1, 0.15) is 0 Å². The first-order valence-corrected chi connectivity index (χ1v) is 6.98. The molecule has 0 saturated heterocycles. The maximum atomic E-state index is 5.77. The molecule has 0 heterocycles. The van der Waals surface area contributed by atoms with E-state index in [1.54, 1.807) is 0 Å². The number of hydrogen-bond acceptors (Lipinski definition) is 1. The van der Waals surface area contributed by atoms with Gasteiger partial charge in [0.05, 0.1) is 6.04 Å². The minimum atomic E-state index is 0.198. The maximum absolute atomic E-state index is 5.77. The lowest BCUT2D eigenvalue weighted by molar-refractivity contribution is 0.410. The van der Waals surface area contributed by atoms with E-state index in [0.717, 1.165) is 6.42 Å². The molecular weight excluding hydrogens is 218 g/mol. The minimum Gasteiger partial charge on any atom is -0.360 e. The molecule has 1 aromatic carbocycles. The zero-order chi connectivity index (χ0) is 13.4. The van der Waals surface area contributed by atoms with Crippen molar-refractivity contribution in [3.8, 4) is 12.3 Å². The van der Waals surface area contributed by atoms with Gasteiger partial charge in [-0.1, -0.05) is 57.2 Å². The highest BCUT2D eigenvalue weighted by molar-refractivity contribution is 5.48. The third-order valence-corrected chi connectivity index (χ3v) is 3.65. The van der Waals surface area contributed by atoms with Crippen molar-refractivity contribution in [1.82, 2.24) is 0 Å². The first-order chi connectivity index (χ1) is 8.74. The largest absolute Gasteiger partial charge is 0.360 e. The summed E-state index contributed by atoms with van der Waals surface area (Å²) < 4.78 is 0. The number of nitrogens with zero attached hydrogens (tertiary/aromatic N) is 1. The summed E-state index contributed by atoms with van der Waals surface area (Å²) in [5.74, 6) is 3.57. The number of terminal acetylenes is 1. The standard InChI is InChI=1S/C17H25N/c1-5-8-12-15(6-2)17(7-3)18(4)16-13-10-9-11-14-16/h3,9-11,13-15,17H,5-6,8,12H2,1-2,4H3. The topological polar surface area (TPSA) is 3.24 Å². The molecule has 0 aromatic heterocycles. The summed E-state index contributed by atoms with van der Waals surface area (Å²) in [6.07, 6.45) is 10.6. The summed E-state index contributed by atoms with van der Waals surface area (Å²) in [5.41, 5.74) is 1.20. The van der Waals surface area contributed by atoms with Gasteiger partial charge >= 0.3 is 0 Å². The molecule has 2 atom stereocenters. The van der Waals surface area contributed by atoms with Crippen LogP contribution in [0, 0.1) is 18.3 Å². The fourth-order valence-corrected chi connectivity index (χ4v) is 2.44. The van der Waals surface area contributed by atoms with E-state index < -0.39 is 0 Å². The molecule has 2 unspecified atom stereocenters. The van der Waals surface area contributed by atoms with Gasteiger partial charge in [-0.2, -0.15) is 0 Å². The summed E-state index contributed by atoms with van der Waals surface area (Å²) in [6.45, 7) is 4.47. The quantitative estimate of drug-likeness (QED) is 0.644. The third kappa shape index (κ3) is 3.81. The lowest BCUT2D eigenvalue weighted by Crippen LogP contribution is -2.36. The summed E-state index contributed by atoms with van der Waals surface area (Å²) in [6, 6.07) is 10.6. The van der Waals surface area contributed by atoms with E-state index in [9.17, 15) is 0 Å². The average Bonchev–Trinajstić information content (AvgIpc) is 2.43. The number of unbranched alkanes of at least 4 members (excludes halogenated alkanes) is 1. The van der Waals surface area contributed by atoms with Crippen LogP contribution in [0.15, 0.2) is 30.3 Å². The Morgan fingerprint density at radius 3 is 2.39 bits per heavy atom. The Labute approximate surface area is 112 Å². The second kappa shape index (κ2) is 7.82. The Morgan fingerprint density at radius 2 is 1.89 bits per heavy atom. The average molecular weight is 243 g/mol. The van der Waals surface area contributed by atoms with E-state index in [4.69, 9.17) is 6.42 Å². The van der Waals surface area contributed by atoms with Crippen LogP contribution in [0.3, 0.4) is 0 Å². The van der Waals surface area contributed by atoms with E-state index in [0.29, 0.717) is 5.92 Å². The van der Waals surface area contributed by atoms with Gasteiger partial charge in [-0.15, -0.1) is 6.42 Å². The number of benzene rings is 1. The Hall–Kier alpha value is -1.42. The van der Waals surface area contributed by atoms with Crippen molar-refractivity contribution >= 4 is 5.69 Å². The Morgan fingerprint density at radius 1 is 1.22 bits per heavy atom. The SMILES string of the molecule is C#CC(C(CC)CCCC)N(C)c1ccccc1. The molecule has 1 nitrogen and oxygen atoms in total. The summed E-state index contributed by atoms with van der Waals surface area (Å²) in [4.78, 5) is 2.24. The second-order valence-corrected chi connectivity index (χ2v) is 4.87. The van der Waals surface area contributed by atoms with Crippen LogP contribution >= 0.6 is 0 Å². The number of rotatable bonds is 7. The molecule has 1 heteroatoms. The molecule has 0 saturated carbocycles. The van der Waals surface area contributed by atoms with Gasteiger partial charge in [-0.25, -0.2) is 0 Å². The molecule has 98 valence electrons. The van der Waals surface area contributed by atoms with Gasteiger partial charge in [0.25, 0.3) is 0 Å². The third-order valence-electron chi connectivity index (χ3n) is 3.65. The van der Waals surface area contributed by atoms with Gasteiger partial charge in [-0.05, 0) is 24.5 Å². The molecule has 0 N–H and O–H groups in total. The number of para-hydroxylation sites is 1. The highest BCUT2D eigenvalue weighted by atomic mass is 15.1. The van der Waals surface area contributed by atoms with Crippen LogP contribution in [0.2, 0.25) is 0 Å². The van der Waals surface area contributed by atoms with Crippen LogP contribution in [-0.2, 0) is 0 Å². The molecule has 0 amide bonds. The van der Waals surface area contributed by atoms with Crippen molar-refractivity contribution in [3.05, 3.63) is 30.3 Å². The van der Waals surface area contributed by atoms with E-state index in [1.807, 2.05) is 6.07 Å². The first kappa shape index (κ1) is 14.6. The first-order valence-electron chi connectivity index (χ1n) is 6.98. The molecule has 0 spiro atoms. The van der Waals surface area contributed by atoms with E-state index in [2.05, 4.69) is 56.0 Å². The Balaban J connectivity index is 2.78. The molecule has 0 aliphatic carbocycles. The fourth-order valence-electron chi connectivity index (χ4n) is 2.44. The molecule has 1 aromatic rings. The minimum absolute atomic E-state index is 0.198. The number of hydrogen-bond donors (Lipinski definition) is 0. The lowest BCUT2D eigenvalue weighted by atomic mass is 9.90. The van der Waals surface area contributed by atoms with Gasteiger partial charge < -0.3 is 4.90 Å². The van der Waals surface area contributed by atoms with Crippen molar-refractivity contribution in [3.63, 3.8) is 0 Å². The summed E-state index contributed by atoms with van der Waals surface area (Å²) in [5, 5.41) is 0. The molecule has 0 radical (unpaired) electrons. The fraction of sp³-hybridized carbons (Fsp3) is 0.529. The second-order valence-electron chi connectivity index (χ2n) is 4.87. The Bertz CT molecular complexity index is 363. The molecule has 0 aliphatic heterocycles. The van der Waals surface area contributed by atoms with Crippen molar-refractivity contribution in [2.75, 3.05) is 11.9 Å². The summed E-state index contributed by atoms with van der Waals surface area (Å²) >= 11 is 0. The predicted octanol–water partition coefficient (Wildman–Crippen LogP) is 4.34. The monoisotopic (exact) mass is 243 g/mol. The van der Waals surface area contributed by atoms with E-state index in [1.165, 1.54) is 24.9 Å². The van der Waals surface area contributed by atoms with Gasteiger partial charge in [0, 0.05) is 12.7 Å². The smallest absolute Gasteiger partial charge is 0.0925 e. The van der Waals surface area contributed by atoms with Crippen LogP contribution in [-0.4, -0.2) is 13.1 Å². The van der Waals surface area contributed by atoms with Crippen molar-refractivity contribution in [2.24, 2.45) is 5.92 Å². The molecule has 0 bridgehead atoms. The number of anilines is 1. The van der Waals surface area contributed by atoms with Crippen LogP contribution in [0.5, 0.6) is 0 Å². The van der Waals surface area contributed by atoms with Gasteiger partial charge in [-0.3, -0.25) is 0 Å². The van der Waals surface area contributed by atoms with Crippen LogP contribution in [0.25, 0.3) is 0 Å². The predicted molar refractivity (Wildman–Crippen MR) is 80.8 cm³/mol. The van der Waals surface area contributed by atoms with E-state index >= 15 is 0 Å². The van der Waals surface area contributed by atoms with Gasteiger partial charge in [0.15, 0.2) is 0 Å². The molecule has 1 rings (SSSR count). The van der Waals surface area contributed by atoms with Crippen molar-refractivity contribution in [1.29, 1.82) is 0 Å². The maximum Gasteiger partial charge on any atom is 0.0925 e. The normalized spacial score (nSPS) is 13.7. The van der Waals surface area contributed by atoms with Crippen molar-refractivity contribution in [2.45, 2.75) is 45.6 Å². The highest BCUT2D eigenvalue weighted by Crippen LogP contribution is 2.24. The van der Waals surface area contributed by atoms with Crippen LogP contribution in [0.1, 0.15) is 39.5 Å². The van der Waals surface area contributed by atoms with Gasteiger partial charge in [0.2, 0.25) is 0 Å². The molecular formula is C17H25N. The van der Waals surface area contributed by atoms with Crippen LogP contribution in [0.4, 0.5) is 5.69 Å². The highest BCUT2D eigenvalue weighted by Gasteiger charge is 2.21. The van der Waals surface area contributed by atoms with Crippen molar-refractivity contribution < 1.29 is 0 Å². The molecule has 18 heavy (non-hydrogen) atoms. The molecule has 0 aliphatic rings. The zero-order valence-electron chi connectivity index (χ0n) is 11.9. The zero-order valence-corrected chi connectivity index (χ0v) is 11.9. The van der Waals surface area contributed by atoms with Crippen LogP contribution < -0.4 is 4.90 Å². The summed E-state index contributed by atoms with van der Waals surface area (Å²) in [7, 11) is 2.11. The lowest BCUT2D eigenvalue weighted by Gasteiger charge is -2.32. The Kier molecular flexibility index (Phi) is 6.36. The van der Waals surface area contributed by atoms with E-state index in [-0.39, 0.29) is 6.04 Å². The molecule has 0 fully saturated rings.